The molecule has 0 aliphatic heterocycles. The Kier molecular flexibility index (Phi) is 2.97. The minimum absolute atomic E-state index is 0.197. The summed E-state index contributed by atoms with van der Waals surface area (Å²) in [4.78, 5) is 8.43. The van der Waals surface area contributed by atoms with Crippen molar-refractivity contribution in [3.8, 4) is 11.1 Å². The van der Waals surface area contributed by atoms with Gasteiger partial charge in [-0.05, 0) is 23.5 Å². The van der Waals surface area contributed by atoms with Gasteiger partial charge >= 0.3 is 0 Å². The van der Waals surface area contributed by atoms with Crippen molar-refractivity contribution >= 4 is 0 Å². The van der Waals surface area contributed by atoms with Crippen molar-refractivity contribution in [2.24, 2.45) is 0 Å². The van der Waals surface area contributed by atoms with Crippen molar-refractivity contribution in [1.82, 2.24) is 9.97 Å². The van der Waals surface area contributed by atoms with Gasteiger partial charge in [-0.3, -0.25) is 0 Å². The van der Waals surface area contributed by atoms with Gasteiger partial charge in [0.05, 0.1) is 0 Å². The lowest BCUT2D eigenvalue weighted by molar-refractivity contribution is 0.590. The van der Waals surface area contributed by atoms with Gasteiger partial charge in [0, 0.05) is 18.0 Å². The highest BCUT2D eigenvalue weighted by Crippen LogP contribution is 2.25. The second-order valence-electron chi connectivity index (χ2n) is 5.35. The highest BCUT2D eigenvalue weighted by molar-refractivity contribution is 5.61. The van der Waals surface area contributed by atoms with Crippen molar-refractivity contribution < 1.29 is 0 Å². The molecule has 0 spiro atoms. The maximum absolute atomic E-state index is 4.22. The average molecular weight is 226 g/mol. The standard InChI is InChI=1S/C15H18N2/c1-11-16-9-13(10-17-11)12-5-7-14(8-6-12)15(2,3)4/h5-10H,1-4H3. The predicted molar refractivity (Wildman–Crippen MR) is 70.9 cm³/mol. The topological polar surface area (TPSA) is 25.8 Å². The summed E-state index contributed by atoms with van der Waals surface area (Å²) >= 11 is 0. The first-order valence-electron chi connectivity index (χ1n) is 5.86. The monoisotopic (exact) mass is 226 g/mol. The summed E-state index contributed by atoms with van der Waals surface area (Å²) in [5.74, 6) is 0.806. The maximum atomic E-state index is 4.22. The second-order valence-corrected chi connectivity index (χ2v) is 5.35. The van der Waals surface area contributed by atoms with Crippen LogP contribution in [0.3, 0.4) is 0 Å². The fourth-order valence-electron chi connectivity index (χ4n) is 1.70. The molecule has 0 aliphatic carbocycles. The van der Waals surface area contributed by atoms with E-state index in [2.05, 4.69) is 55.0 Å². The number of aryl methyl sites for hydroxylation is 1. The maximum Gasteiger partial charge on any atom is 0.125 e. The van der Waals surface area contributed by atoms with Crippen LogP contribution in [-0.4, -0.2) is 9.97 Å². The number of hydrogen-bond acceptors (Lipinski definition) is 2. The Morgan fingerprint density at radius 2 is 1.35 bits per heavy atom. The van der Waals surface area contributed by atoms with E-state index in [1.165, 1.54) is 5.56 Å². The van der Waals surface area contributed by atoms with E-state index in [-0.39, 0.29) is 5.41 Å². The van der Waals surface area contributed by atoms with Gasteiger partial charge in [0.25, 0.3) is 0 Å². The summed E-state index contributed by atoms with van der Waals surface area (Å²) in [5, 5.41) is 0. The zero-order valence-corrected chi connectivity index (χ0v) is 10.9. The van der Waals surface area contributed by atoms with E-state index in [1.54, 1.807) is 0 Å². The quantitative estimate of drug-likeness (QED) is 0.740. The molecule has 2 nitrogen and oxygen atoms in total. The fourth-order valence-corrected chi connectivity index (χ4v) is 1.70. The molecule has 0 fully saturated rings. The number of rotatable bonds is 1. The lowest BCUT2D eigenvalue weighted by atomic mass is 9.86. The highest BCUT2D eigenvalue weighted by atomic mass is 14.8. The molecule has 0 atom stereocenters. The molecule has 2 rings (SSSR count). The number of aromatic nitrogens is 2. The zero-order chi connectivity index (χ0) is 12.5. The number of nitrogens with zero attached hydrogens (tertiary/aromatic N) is 2. The van der Waals surface area contributed by atoms with Crippen LogP contribution in [0.2, 0.25) is 0 Å². The Bertz CT molecular complexity index is 490. The van der Waals surface area contributed by atoms with Crippen LogP contribution in [0.4, 0.5) is 0 Å². The van der Waals surface area contributed by atoms with Gasteiger partial charge in [0.15, 0.2) is 0 Å². The minimum Gasteiger partial charge on any atom is -0.241 e. The summed E-state index contributed by atoms with van der Waals surface area (Å²) in [5.41, 5.74) is 3.77. The third kappa shape index (κ3) is 2.70. The molecule has 0 N–H and O–H groups in total. The smallest absolute Gasteiger partial charge is 0.125 e. The summed E-state index contributed by atoms with van der Waals surface area (Å²) in [7, 11) is 0. The summed E-state index contributed by atoms with van der Waals surface area (Å²) in [6.45, 7) is 8.55. The Hall–Kier alpha value is -1.70. The van der Waals surface area contributed by atoms with E-state index in [4.69, 9.17) is 0 Å². The Balaban J connectivity index is 2.33. The first-order chi connectivity index (χ1) is 7.97. The molecule has 2 aromatic rings. The van der Waals surface area contributed by atoms with Crippen LogP contribution in [0, 0.1) is 6.92 Å². The molecule has 0 unspecified atom stereocenters. The molecule has 0 amide bonds. The molecule has 0 saturated carbocycles. The third-order valence-corrected chi connectivity index (χ3v) is 2.87. The van der Waals surface area contributed by atoms with Crippen LogP contribution in [0.5, 0.6) is 0 Å². The predicted octanol–water partition coefficient (Wildman–Crippen LogP) is 3.75. The van der Waals surface area contributed by atoms with Crippen molar-refractivity contribution in [2.75, 3.05) is 0 Å². The largest absolute Gasteiger partial charge is 0.241 e. The molecular formula is C15H18N2. The number of hydrogen-bond donors (Lipinski definition) is 0. The lowest BCUT2D eigenvalue weighted by Crippen LogP contribution is -2.10. The fraction of sp³-hybridized carbons (Fsp3) is 0.333. The molecule has 17 heavy (non-hydrogen) atoms. The van der Waals surface area contributed by atoms with Gasteiger partial charge in [-0.2, -0.15) is 0 Å². The molecular weight excluding hydrogens is 208 g/mol. The van der Waals surface area contributed by atoms with Crippen LogP contribution in [-0.2, 0) is 5.41 Å². The first kappa shape index (κ1) is 11.8. The molecule has 0 aliphatic rings. The molecule has 1 aromatic carbocycles. The van der Waals surface area contributed by atoms with Crippen molar-refractivity contribution in [2.45, 2.75) is 33.1 Å². The number of benzene rings is 1. The van der Waals surface area contributed by atoms with E-state index in [9.17, 15) is 0 Å². The van der Waals surface area contributed by atoms with Crippen LogP contribution >= 0.6 is 0 Å². The van der Waals surface area contributed by atoms with E-state index >= 15 is 0 Å². The normalized spacial score (nSPS) is 11.5. The van der Waals surface area contributed by atoms with Crippen molar-refractivity contribution in [3.05, 3.63) is 48.0 Å². The zero-order valence-electron chi connectivity index (χ0n) is 10.9. The van der Waals surface area contributed by atoms with E-state index < -0.39 is 0 Å². The Morgan fingerprint density at radius 3 is 1.82 bits per heavy atom. The molecule has 0 bridgehead atoms. The van der Waals surface area contributed by atoms with E-state index in [0.29, 0.717) is 0 Å². The van der Waals surface area contributed by atoms with Crippen molar-refractivity contribution in [3.63, 3.8) is 0 Å². The molecule has 0 saturated heterocycles. The third-order valence-electron chi connectivity index (χ3n) is 2.87. The van der Waals surface area contributed by atoms with Crippen LogP contribution in [0.15, 0.2) is 36.7 Å². The minimum atomic E-state index is 0.197. The molecule has 2 heteroatoms. The highest BCUT2D eigenvalue weighted by Gasteiger charge is 2.12. The molecule has 88 valence electrons. The van der Waals surface area contributed by atoms with E-state index in [0.717, 1.165) is 17.0 Å². The summed E-state index contributed by atoms with van der Waals surface area (Å²) in [6.07, 6.45) is 3.74. The van der Waals surface area contributed by atoms with Gasteiger partial charge in [-0.15, -0.1) is 0 Å². The van der Waals surface area contributed by atoms with Gasteiger partial charge in [0.2, 0.25) is 0 Å². The molecule has 1 aromatic heterocycles. The first-order valence-corrected chi connectivity index (χ1v) is 5.86. The van der Waals surface area contributed by atoms with Crippen molar-refractivity contribution in [1.29, 1.82) is 0 Å². The molecule has 1 heterocycles. The summed E-state index contributed by atoms with van der Waals surface area (Å²) in [6, 6.07) is 8.62. The summed E-state index contributed by atoms with van der Waals surface area (Å²) < 4.78 is 0. The molecule has 0 radical (unpaired) electrons. The van der Waals surface area contributed by atoms with Gasteiger partial charge in [0.1, 0.15) is 5.82 Å². The SMILES string of the molecule is Cc1ncc(-c2ccc(C(C)(C)C)cc2)cn1. The van der Waals surface area contributed by atoms with Gasteiger partial charge in [-0.25, -0.2) is 9.97 Å². The second kappa shape index (κ2) is 4.28. The lowest BCUT2D eigenvalue weighted by Gasteiger charge is -2.19. The van der Waals surface area contributed by atoms with Crippen LogP contribution in [0.1, 0.15) is 32.2 Å². The van der Waals surface area contributed by atoms with Gasteiger partial charge in [-0.1, -0.05) is 45.0 Å². The Labute approximate surface area is 103 Å². The van der Waals surface area contributed by atoms with E-state index in [1.807, 2.05) is 19.3 Å². The van der Waals surface area contributed by atoms with Gasteiger partial charge < -0.3 is 0 Å². The average Bonchev–Trinajstić information content (AvgIpc) is 2.29. The van der Waals surface area contributed by atoms with Crippen LogP contribution in [0.25, 0.3) is 11.1 Å². The Morgan fingerprint density at radius 1 is 0.824 bits per heavy atom. The van der Waals surface area contributed by atoms with Crippen LogP contribution < -0.4 is 0 Å².